The fraction of sp³-hybridized carbons (Fsp3) is 0. The Morgan fingerprint density at radius 1 is 0.857 bits per heavy atom. The van der Waals surface area contributed by atoms with Crippen LogP contribution in [0.1, 0.15) is 0 Å². The molecule has 14 heavy (non-hydrogen) atoms. The molecule has 1 aliphatic rings. The van der Waals surface area contributed by atoms with Gasteiger partial charge in [0.15, 0.2) is 0 Å². The van der Waals surface area contributed by atoms with E-state index in [1.807, 2.05) is 12.1 Å². The highest BCUT2D eigenvalue weighted by Gasteiger charge is 2.24. The van der Waals surface area contributed by atoms with Gasteiger partial charge < -0.3 is 0 Å². The summed E-state index contributed by atoms with van der Waals surface area (Å²) in [6.07, 6.45) is 0. The van der Waals surface area contributed by atoms with Gasteiger partial charge >= 0.3 is 0 Å². The van der Waals surface area contributed by atoms with Crippen LogP contribution < -0.4 is 0 Å². The predicted octanol–water partition coefficient (Wildman–Crippen LogP) is 1.98. The molecule has 0 unspecified atom stereocenters. The molecule has 1 rings (SSSR count). The first-order chi connectivity index (χ1) is 6.76. The van der Waals surface area contributed by atoms with E-state index in [2.05, 4.69) is 0 Å². The first kappa shape index (κ1) is 10.2. The SMILES string of the molecule is N#CC(C#N)=C1SC(C#N)=C(C#N)S1. The third-order valence-corrected chi connectivity index (χ3v) is 3.63. The summed E-state index contributed by atoms with van der Waals surface area (Å²) in [5.74, 6) is 0. The van der Waals surface area contributed by atoms with E-state index < -0.39 is 0 Å². The third kappa shape index (κ3) is 1.73. The zero-order valence-corrected chi connectivity index (χ0v) is 8.24. The minimum absolute atomic E-state index is 0.0574. The quantitative estimate of drug-likeness (QED) is 0.574. The zero-order chi connectivity index (χ0) is 10.6. The Labute approximate surface area is 88.7 Å². The number of thioether (sulfide) groups is 2. The number of nitrogens with zero attached hydrogens (tertiary/aromatic N) is 4. The Balaban J connectivity index is 3.11. The van der Waals surface area contributed by atoms with E-state index in [4.69, 9.17) is 21.0 Å². The van der Waals surface area contributed by atoms with Crippen molar-refractivity contribution in [1.82, 2.24) is 0 Å². The topological polar surface area (TPSA) is 95.2 Å². The molecule has 1 heterocycles. The highest BCUT2D eigenvalue weighted by molar-refractivity contribution is 8.28. The van der Waals surface area contributed by atoms with Gasteiger partial charge in [-0.05, 0) is 0 Å². The molecule has 0 bridgehead atoms. The van der Waals surface area contributed by atoms with Gasteiger partial charge in [0.05, 0.1) is 4.24 Å². The molecule has 0 radical (unpaired) electrons. The van der Waals surface area contributed by atoms with Crippen molar-refractivity contribution < 1.29 is 0 Å². The maximum atomic E-state index is 8.63. The Kier molecular flexibility index (Phi) is 3.21. The molecule has 0 aromatic heterocycles. The lowest BCUT2D eigenvalue weighted by Gasteiger charge is -1.90. The van der Waals surface area contributed by atoms with Gasteiger partial charge in [0, 0.05) is 0 Å². The Hall–Kier alpha value is -1.86. The van der Waals surface area contributed by atoms with E-state index >= 15 is 0 Å². The van der Waals surface area contributed by atoms with Gasteiger partial charge in [-0.2, -0.15) is 21.0 Å². The summed E-state index contributed by atoms with van der Waals surface area (Å²) in [6, 6.07) is 7.12. The van der Waals surface area contributed by atoms with Gasteiger partial charge in [-0.25, -0.2) is 0 Å². The lowest BCUT2D eigenvalue weighted by molar-refractivity contribution is 1.47. The summed E-state index contributed by atoms with van der Waals surface area (Å²) in [6.45, 7) is 0. The van der Waals surface area contributed by atoms with Crippen molar-refractivity contribution in [3.63, 3.8) is 0 Å². The standard InChI is InChI=1S/C8N4S2/c9-1-5(2-10)8-13-6(3-11)7(4-12)14-8. The van der Waals surface area contributed by atoms with Crippen LogP contribution in [0.25, 0.3) is 0 Å². The summed E-state index contributed by atoms with van der Waals surface area (Å²) in [7, 11) is 0. The lowest BCUT2D eigenvalue weighted by Crippen LogP contribution is -1.74. The molecular weight excluding hydrogens is 216 g/mol. The lowest BCUT2D eigenvalue weighted by atomic mass is 10.4. The molecule has 0 aromatic carbocycles. The van der Waals surface area contributed by atoms with E-state index in [0.29, 0.717) is 4.24 Å². The number of rotatable bonds is 0. The summed E-state index contributed by atoms with van der Waals surface area (Å²) in [5, 5.41) is 34.4. The first-order valence-electron chi connectivity index (χ1n) is 3.21. The van der Waals surface area contributed by atoms with Gasteiger partial charge in [0.25, 0.3) is 0 Å². The Morgan fingerprint density at radius 3 is 1.57 bits per heavy atom. The Morgan fingerprint density at radius 2 is 1.29 bits per heavy atom. The molecule has 4 nitrogen and oxygen atoms in total. The Bertz CT molecular complexity index is 457. The summed E-state index contributed by atoms with van der Waals surface area (Å²) < 4.78 is 0.406. The van der Waals surface area contributed by atoms with Crippen molar-refractivity contribution in [3.05, 3.63) is 19.6 Å². The molecule has 64 valence electrons. The average molecular weight is 216 g/mol. The molecule has 0 saturated carbocycles. The second-order valence-electron chi connectivity index (χ2n) is 1.97. The van der Waals surface area contributed by atoms with Crippen LogP contribution in [0.5, 0.6) is 0 Å². The van der Waals surface area contributed by atoms with Crippen LogP contribution in [0.15, 0.2) is 19.6 Å². The van der Waals surface area contributed by atoms with Crippen molar-refractivity contribution in [2.45, 2.75) is 0 Å². The molecule has 0 atom stereocenters. The first-order valence-corrected chi connectivity index (χ1v) is 4.84. The fourth-order valence-electron chi connectivity index (χ4n) is 0.664. The van der Waals surface area contributed by atoms with Crippen LogP contribution >= 0.6 is 23.5 Å². The van der Waals surface area contributed by atoms with Crippen molar-refractivity contribution in [2.75, 3.05) is 0 Å². The van der Waals surface area contributed by atoms with Crippen LogP contribution in [-0.2, 0) is 0 Å². The van der Waals surface area contributed by atoms with E-state index in [-0.39, 0.29) is 15.4 Å². The van der Waals surface area contributed by atoms with Crippen molar-refractivity contribution in [3.8, 4) is 24.3 Å². The van der Waals surface area contributed by atoms with Crippen molar-refractivity contribution in [2.24, 2.45) is 0 Å². The predicted molar refractivity (Wildman–Crippen MR) is 51.7 cm³/mol. The number of allylic oxidation sites excluding steroid dienone is 3. The monoisotopic (exact) mass is 216 g/mol. The molecule has 0 fully saturated rings. The minimum Gasteiger partial charge on any atom is -0.192 e. The molecule has 0 spiro atoms. The maximum Gasteiger partial charge on any atom is 0.150 e. The molecule has 1 aliphatic heterocycles. The average Bonchev–Trinajstić information content (AvgIpc) is 2.63. The third-order valence-electron chi connectivity index (χ3n) is 1.23. The summed E-state index contributed by atoms with van der Waals surface area (Å²) in [4.78, 5) is 0.492. The molecule has 0 aromatic rings. The normalized spacial score (nSPS) is 13.9. The maximum absolute atomic E-state index is 8.63. The van der Waals surface area contributed by atoms with Gasteiger partial charge in [-0.1, -0.05) is 23.5 Å². The smallest absolute Gasteiger partial charge is 0.150 e. The van der Waals surface area contributed by atoms with Crippen LogP contribution in [0.2, 0.25) is 0 Å². The molecular formula is C8N4S2. The van der Waals surface area contributed by atoms with Crippen molar-refractivity contribution >= 4 is 23.5 Å². The highest BCUT2D eigenvalue weighted by Crippen LogP contribution is 2.49. The van der Waals surface area contributed by atoms with Gasteiger partial charge in [-0.3, -0.25) is 0 Å². The number of hydrogen-bond donors (Lipinski definition) is 0. The summed E-state index contributed by atoms with van der Waals surface area (Å²) >= 11 is 1.99. The molecule has 0 N–H and O–H groups in total. The molecule has 0 aliphatic carbocycles. The van der Waals surface area contributed by atoms with Gasteiger partial charge in [0.2, 0.25) is 0 Å². The summed E-state index contributed by atoms with van der Waals surface area (Å²) in [5.41, 5.74) is -0.0574. The van der Waals surface area contributed by atoms with Gasteiger partial charge in [-0.15, -0.1) is 0 Å². The van der Waals surface area contributed by atoms with Crippen LogP contribution in [0, 0.1) is 45.3 Å². The molecule has 0 amide bonds. The van der Waals surface area contributed by atoms with Gasteiger partial charge in [0.1, 0.15) is 39.7 Å². The highest BCUT2D eigenvalue weighted by atomic mass is 32.2. The second-order valence-corrected chi connectivity index (χ2v) is 4.27. The zero-order valence-electron chi connectivity index (χ0n) is 6.61. The molecule has 0 saturated heterocycles. The fourth-order valence-corrected chi connectivity index (χ4v) is 2.71. The molecule has 6 heteroatoms. The van der Waals surface area contributed by atoms with Crippen LogP contribution in [0.3, 0.4) is 0 Å². The number of hydrogen-bond acceptors (Lipinski definition) is 6. The van der Waals surface area contributed by atoms with Crippen molar-refractivity contribution in [1.29, 1.82) is 21.0 Å². The van der Waals surface area contributed by atoms with E-state index in [1.54, 1.807) is 12.1 Å². The van der Waals surface area contributed by atoms with E-state index in [1.165, 1.54) is 0 Å². The largest absolute Gasteiger partial charge is 0.192 e. The number of nitriles is 4. The van der Waals surface area contributed by atoms with E-state index in [9.17, 15) is 0 Å². The van der Waals surface area contributed by atoms with Crippen LogP contribution in [0.4, 0.5) is 0 Å². The van der Waals surface area contributed by atoms with Crippen LogP contribution in [-0.4, -0.2) is 0 Å². The second kappa shape index (κ2) is 4.40. The van der Waals surface area contributed by atoms with E-state index in [0.717, 1.165) is 23.5 Å². The minimum atomic E-state index is -0.0574.